The fourth-order valence-corrected chi connectivity index (χ4v) is 1.68. The van der Waals surface area contributed by atoms with Crippen LogP contribution in [0, 0.1) is 28.4 Å². The summed E-state index contributed by atoms with van der Waals surface area (Å²) in [7, 11) is 0. The van der Waals surface area contributed by atoms with Gasteiger partial charge in [0.15, 0.2) is 0 Å². The number of aryl methyl sites for hydroxylation is 1. The largest absolute Gasteiger partial charge is 0.291 e. The first-order valence-corrected chi connectivity index (χ1v) is 4.96. The van der Waals surface area contributed by atoms with Gasteiger partial charge in [-0.2, -0.15) is 5.26 Å². The zero-order valence-corrected chi connectivity index (χ0v) is 9.04. The van der Waals surface area contributed by atoms with Gasteiger partial charge in [-0.1, -0.05) is 15.9 Å². The predicted octanol–water partition coefficient (Wildman–Crippen LogP) is 2.67. The van der Waals surface area contributed by atoms with E-state index in [-0.39, 0.29) is 11.3 Å². The smallest absolute Gasteiger partial charge is 0.258 e. The first kappa shape index (κ1) is 10.7. The van der Waals surface area contributed by atoms with Crippen LogP contribution in [-0.2, 0) is 5.33 Å². The predicted molar refractivity (Wildman–Crippen MR) is 55.2 cm³/mol. The molecule has 0 spiro atoms. The van der Waals surface area contributed by atoms with E-state index in [2.05, 4.69) is 15.9 Å². The summed E-state index contributed by atoms with van der Waals surface area (Å²) in [6, 6.07) is 5.05. The van der Waals surface area contributed by atoms with Crippen LogP contribution < -0.4 is 0 Å². The van der Waals surface area contributed by atoms with Crippen LogP contribution in [0.1, 0.15) is 16.7 Å². The van der Waals surface area contributed by atoms with E-state index < -0.39 is 4.92 Å². The molecule has 0 saturated carbocycles. The van der Waals surface area contributed by atoms with Gasteiger partial charge in [-0.15, -0.1) is 0 Å². The fourth-order valence-electron chi connectivity index (χ4n) is 1.26. The summed E-state index contributed by atoms with van der Waals surface area (Å²) >= 11 is 3.16. The molecule has 5 heteroatoms. The Morgan fingerprint density at radius 1 is 1.64 bits per heavy atom. The highest BCUT2D eigenvalue weighted by atomic mass is 79.9. The molecule has 14 heavy (non-hydrogen) atoms. The standard InChI is InChI=1S/C9H7BrN2O2/c1-6-2-7(4-10)9(12(13)14)8(3-6)5-11/h2-3H,4H2,1H3. The third kappa shape index (κ3) is 1.91. The van der Waals surface area contributed by atoms with Gasteiger partial charge in [0.25, 0.3) is 5.69 Å². The van der Waals surface area contributed by atoms with Crippen molar-refractivity contribution in [3.8, 4) is 6.07 Å². The number of hydrogen-bond donors (Lipinski definition) is 0. The van der Waals surface area contributed by atoms with E-state index in [1.54, 1.807) is 13.0 Å². The molecule has 0 N–H and O–H groups in total. The molecule has 0 saturated heterocycles. The van der Waals surface area contributed by atoms with Gasteiger partial charge >= 0.3 is 0 Å². The number of alkyl halides is 1. The molecule has 1 aromatic rings. The highest BCUT2D eigenvalue weighted by molar-refractivity contribution is 9.08. The van der Waals surface area contributed by atoms with Crippen molar-refractivity contribution in [2.24, 2.45) is 0 Å². The monoisotopic (exact) mass is 254 g/mol. The summed E-state index contributed by atoms with van der Waals surface area (Å²) in [4.78, 5) is 10.2. The summed E-state index contributed by atoms with van der Waals surface area (Å²) in [5, 5.41) is 19.8. The average molecular weight is 255 g/mol. The van der Waals surface area contributed by atoms with Crippen molar-refractivity contribution >= 4 is 21.6 Å². The molecule has 1 aromatic carbocycles. The molecule has 0 aliphatic heterocycles. The van der Waals surface area contributed by atoms with Crippen LogP contribution in [0.5, 0.6) is 0 Å². The molecule has 1 rings (SSSR count). The zero-order chi connectivity index (χ0) is 10.7. The Morgan fingerprint density at radius 3 is 2.71 bits per heavy atom. The van der Waals surface area contributed by atoms with Gasteiger partial charge in [0.2, 0.25) is 0 Å². The minimum absolute atomic E-state index is 0.102. The normalized spacial score (nSPS) is 9.50. The highest BCUT2D eigenvalue weighted by Gasteiger charge is 2.19. The number of nitro groups is 1. The first-order chi connectivity index (χ1) is 6.60. The van der Waals surface area contributed by atoms with Gasteiger partial charge in [-0.3, -0.25) is 10.1 Å². The van der Waals surface area contributed by atoms with E-state index in [9.17, 15) is 10.1 Å². The van der Waals surface area contributed by atoms with Gasteiger partial charge in [0.05, 0.1) is 4.92 Å². The van der Waals surface area contributed by atoms with E-state index in [0.717, 1.165) is 5.56 Å². The molecule has 0 radical (unpaired) electrons. The summed E-state index contributed by atoms with van der Waals surface area (Å²) in [6.45, 7) is 1.80. The number of nitro benzene ring substituents is 1. The fraction of sp³-hybridized carbons (Fsp3) is 0.222. The van der Waals surface area contributed by atoms with E-state index in [0.29, 0.717) is 10.9 Å². The lowest BCUT2D eigenvalue weighted by molar-refractivity contribution is -0.385. The lowest BCUT2D eigenvalue weighted by Crippen LogP contribution is -1.98. The van der Waals surface area contributed by atoms with Crippen LogP contribution in [0.4, 0.5) is 5.69 Å². The molecule has 4 nitrogen and oxygen atoms in total. The minimum Gasteiger partial charge on any atom is -0.258 e. The molecule has 0 aliphatic carbocycles. The number of hydrogen-bond acceptors (Lipinski definition) is 3. The Balaban J connectivity index is 3.50. The first-order valence-electron chi connectivity index (χ1n) is 3.84. The number of benzene rings is 1. The molecule has 0 fully saturated rings. The van der Waals surface area contributed by atoms with E-state index in [1.807, 2.05) is 6.07 Å². The minimum atomic E-state index is -0.519. The Hall–Kier alpha value is -1.41. The Bertz CT molecular complexity index is 424. The quantitative estimate of drug-likeness (QED) is 0.463. The van der Waals surface area contributed by atoms with Crippen molar-refractivity contribution in [3.05, 3.63) is 38.9 Å². The van der Waals surface area contributed by atoms with Gasteiger partial charge in [0, 0.05) is 10.9 Å². The van der Waals surface area contributed by atoms with Crippen LogP contribution >= 0.6 is 15.9 Å². The maximum atomic E-state index is 10.7. The van der Waals surface area contributed by atoms with Crippen LogP contribution in [0.2, 0.25) is 0 Å². The van der Waals surface area contributed by atoms with Crippen molar-refractivity contribution in [1.29, 1.82) is 5.26 Å². The van der Waals surface area contributed by atoms with Gasteiger partial charge in [-0.05, 0) is 24.6 Å². The third-order valence-corrected chi connectivity index (χ3v) is 2.38. The number of nitrogens with zero attached hydrogens (tertiary/aromatic N) is 2. The van der Waals surface area contributed by atoms with Crippen molar-refractivity contribution in [2.75, 3.05) is 0 Å². The summed E-state index contributed by atoms with van der Waals surface area (Å²) in [5.41, 5.74) is 1.40. The van der Waals surface area contributed by atoms with Crippen molar-refractivity contribution in [3.63, 3.8) is 0 Å². The Labute approximate surface area is 89.4 Å². The number of halogens is 1. The number of rotatable bonds is 2. The molecule has 0 aliphatic rings. The highest BCUT2D eigenvalue weighted by Crippen LogP contribution is 2.26. The second kappa shape index (κ2) is 4.20. The van der Waals surface area contributed by atoms with Crippen molar-refractivity contribution in [2.45, 2.75) is 12.3 Å². The molecular formula is C9H7BrN2O2. The van der Waals surface area contributed by atoms with Crippen LogP contribution in [-0.4, -0.2) is 4.92 Å². The molecular weight excluding hydrogens is 248 g/mol. The van der Waals surface area contributed by atoms with E-state index >= 15 is 0 Å². The molecule has 0 bridgehead atoms. The molecule has 0 aromatic heterocycles. The van der Waals surface area contributed by atoms with Gasteiger partial charge in [-0.25, -0.2) is 0 Å². The Morgan fingerprint density at radius 2 is 2.29 bits per heavy atom. The maximum Gasteiger partial charge on any atom is 0.291 e. The van der Waals surface area contributed by atoms with E-state index in [1.165, 1.54) is 6.07 Å². The zero-order valence-electron chi connectivity index (χ0n) is 7.45. The molecule has 0 unspecified atom stereocenters. The topological polar surface area (TPSA) is 66.9 Å². The van der Waals surface area contributed by atoms with Crippen LogP contribution in [0.15, 0.2) is 12.1 Å². The summed E-state index contributed by atoms with van der Waals surface area (Å²) < 4.78 is 0. The number of nitriles is 1. The van der Waals surface area contributed by atoms with Crippen LogP contribution in [0.25, 0.3) is 0 Å². The van der Waals surface area contributed by atoms with Crippen molar-refractivity contribution in [1.82, 2.24) is 0 Å². The van der Waals surface area contributed by atoms with Crippen molar-refractivity contribution < 1.29 is 4.92 Å². The van der Waals surface area contributed by atoms with E-state index in [4.69, 9.17) is 5.26 Å². The maximum absolute atomic E-state index is 10.7. The van der Waals surface area contributed by atoms with Crippen LogP contribution in [0.3, 0.4) is 0 Å². The third-order valence-electron chi connectivity index (χ3n) is 1.78. The lowest BCUT2D eigenvalue weighted by atomic mass is 10.1. The molecule has 0 amide bonds. The molecule has 72 valence electrons. The Kier molecular flexibility index (Phi) is 3.20. The van der Waals surface area contributed by atoms with Gasteiger partial charge in [0.1, 0.15) is 11.6 Å². The summed E-state index contributed by atoms with van der Waals surface area (Å²) in [5.74, 6) is 0. The SMILES string of the molecule is Cc1cc(C#N)c([N+](=O)[O-])c(CBr)c1. The molecule has 0 heterocycles. The van der Waals surface area contributed by atoms with Gasteiger partial charge < -0.3 is 0 Å². The molecule has 0 atom stereocenters. The second-order valence-corrected chi connectivity index (χ2v) is 3.38. The average Bonchev–Trinajstić information content (AvgIpc) is 2.15. The summed E-state index contributed by atoms with van der Waals surface area (Å²) in [6.07, 6.45) is 0. The second-order valence-electron chi connectivity index (χ2n) is 2.82. The lowest BCUT2D eigenvalue weighted by Gasteiger charge is -2.02.